The molecule has 0 aromatic heterocycles. The number of rotatable bonds is 6. The molecule has 0 unspecified atom stereocenters. The number of cyclic esters (lactones) is 1. The zero-order chi connectivity index (χ0) is 20.3. The lowest BCUT2D eigenvalue weighted by Crippen LogP contribution is -2.22. The van der Waals surface area contributed by atoms with E-state index in [0.717, 1.165) is 6.07 Å². The molecule has 2 aromatic rings. The van der Waals surface area contributed by atoms with E-state index < -0.39 is 35.5 Å². The largest absolute Gasteiger partial charge is 0.455 e. The number of ether oxygens (including phenoxy) is 2. The predicted octanol–water partition coefficient (Wildman–Crippen LogP) is 3.03. The van der Waals surface area contributed by atoms with Crippen LogP contribution in [0.25, 0.3) is 0 Å². The second-order valence-corrected chi connectivity index (χ2v) is 6.22. The molecule has 1 aliphatic rings. The lowest BCUT2D eigenvalue weighted by molar-refractivity contribution is -0.384. The van der Waals surface area contributed by atoms with Crippen molar-refractivity contribution in [3.63, 3.8) is 0 Å². The summed E-state index contributed by atoms with van der Waals surface area (Å²) >= 11 is 5.88. The molecule has 0 saturated heterocycles. The van der Waals surface area contributed by atoms with Crippen LogP contribution in [0.3, 0.4) is 0 Å². The molecule has 0 radical (unpaired) electrons. The zero-order valence-corrected chi connectivity index (χ0v) is 15.0. The molecule has 0 bridgehead atoms. The number of fused-ring (bicyclic) bond motifs is 1. The number of halogens is 1. The number of nitrogens with one attached hydrogen (secondary N) is 1. The van der Waals surface area contributed by atoms with Gasteiger partial charge < -0.3 is 14.8 Å². The van der Waals surface area contributed by atoms with Gasteiger partial charge in [0.05, 0.1) is 27.6 Å². The minimum Gasteiger partial charge on any atom is -0.455 e. The quantitative estimate of drug-likeness (QED) is 0.445. The fourth-order valence-electron chi connectivity index (χ4n) is 2.63. The summed E-state index contributed by atoms with van der Waals surface area (Å²) in [5.74, 6) is -1.91. The maximum absolute atomic E-state index is 12.0. The first-order chi connectivity index (χ1) is 13.3. The van der Waals surface area contributed by atoms with Gasteiger partial charge in [0.15, 0.2) is 6.61 Å². The van der Waals surface area contributed by atoms with Gasteiger partial charge in [-0.25, -0.2) is 4.79 Å². The number of amides is 1. The Hall–Kier alpha value is -3.46. The molecule has 28 heavy (non-hydrogen) atoms. The van der Waals surface area contributed by atoms with Gasteiger partial charge in [-0.05, 0) is 12.1 Å². The number of esters is 2. The molecular weight excluding hydrogens is 392 g/mol. The van der Waals surface area contributed by atoms with E-state index in [2.05, 4.69) is 5.32 Å². The third-order valence-electron chi connectivity index (χ3n) is 3.93. The highest BCUT2D eigenvalue weighted by Crippen LogP contribution is 2.33. The Balaban J connectivity index is 1.52. The van der Waals surface area contributed by atoms with E-state index in [1.807, 2.05) is 0 Å². The number of hydrogen-bond donors (Lipinski definition) is 1. The molecule has 9 nitrogen and oxygen atoms in total. The highest BCUT2D eigenvalue weighted by atomic mass is 35.5. The van der Waals surface area contributed by atoms with Gasteiger partial charge >= 0.3 is 11.9 Å². The second kappa shape index (κ2) is 8.05. The van der Waals surface area contributed by atoms with Crippen molar-refractivity contribution < 1.29 is 28.8 Å². The summed E-state index contributed by atoms with van der Waals surface area (Å²) in [7, 11) is 0. The van der Waals surface area contributed by atoms with Crippen LogP contribution in [0.5, 0.6) is 0 Å². The number of nitro benzene ring substituents is 1. The predicted molar refractivity (Wildman–Crippen MR) is 96.9 cm³/mol. The fourth-order valence-corrected chi connectivity index (χ4v) is 2.86. The number of carbonyl (C=O) groups is 3. The first-order valence-corrected chi connectivity index (χ1v) is 8.42. The van der Waals surface area contributed by atoms with Gasteiger partial charge in [-0.15, -0.1) is 0 Å². The molecule has 3 rings (SSSR count). The van der Waals surface area contributed by atoms with Gasteiger partial charge in [0.25, 0.3) is 11.6 Å². The van der Waals surface area contributed by atoms with Gasteiger partial charge in [-0.3, -0.25) is 19.7 Å². The summed E-state index contributed by atoms with van der Waals surface area (Å²) in [5.41, 5.74) is 0.908. The van der Waals surface area contributed by atoms with E-state index in [4.69, 9.17) is 21.1 Å². The second-order valence-electron chi connectivity index (χ2n) is 5.82. The Kier molecular flexibility index (Phi) is 5.55. The van der Waals surface area contributed by atoms with Gasteiger partial charge in [0.2, 0.25) is 0 Å². The Morgan fingerprint density at radius 1 is 1.25 bits per heavy atom. The third-order valence-corrected chi connectivity index (χ3v) is 4.24. The van der Waals surface area contributed by atoms with E-state index in [1.54, 1.807) is 24.3 Å². The number of anilines is 1. The number of benzene rings is 2. The summed E-state index contributed by atoms with van der Waals surface area (Å²) in [6.45, 7) is -0.589. The SMILES string of the molecule is O=C(COC(=O)C[C@@H]1OC(=O)c2ccccc21)Nc1ccc([N+](=O)[O-])cc1Cl. The lowest BCUT2D eigenvalue weighted by atomic mass is 10.0. The van der Waals surface area contributed by atoms with E-state index >= 15 is 0 Å². The third kappa shape index (κ3) is 4.26. The van der Waals surface area contributed by atoms with Crippen LogP contribution in [0, 0.1) is 10.1 Å². The Morgan fingerprint density at radius 3 is 2.71 bits per heavy atom. The Bertz CT molecular complexity index is 976. The van der Waals surface area contributed by atoms with Crippen molar-refractivity contribution in [1.29, 1.82) is 0 Å². The molecule has 10 heteroatoms. The zero-order valence-electron chi connectivity index (χ0n) is 14.2. The van der Waals surface area contributed by atoms with Gasteiger partial charge in [-0.1, -0.05) is 29.8 Å². The molecule has 1 N–H and O–H groups in total. The summed E-state index contributed by atoms with van der Waals surface area (Å²) in [6, 6.07) is 10.2. The molecule has 1 heterocycles. The molecule has 144 valence electrons. The monoisotopic (exact) mass is 404 g/mol. The molecule has 0 fully saturated rings. The summed E-state index contributed by atoms with van der Waals surface area (Å²) in [6.07, 6.45) is -0.989. The summed E-state index contributed by atoms with van der Waals surface area (Å²) < 4.78 is 10.0. The van der Waals surface area contributed by atoms with Crippen LogP contribution in [-0.2, 0) is 19.1 Å². The van der Waals surface area contributed by atoms with Gasteiger partial charge in [-0.2, -0.15) is 0 Å². The van der Waals surface area contributed by atoms with Crippen LogP contribution in [0.1, 0.15) is 28.4 Å². The maximum atomic E-state index is 12.0. The van der Waals surface area contributed by atoms with Crippen LogP contribution in [-0.4, -0.2) is 29.4 Å². The first-order valence-electron chi connectivity index (χ1n) is 8.04. The van der Waals surface area contributed by atoms with Crippen LogP contribution >= 0.6 is 11.6 Å². The Labute approximate surface area is 163 Å². The number of non-ortho nitro benzene ring substituents is 1. The average molecular weight is 405 g/mol. The van der Waals surface area contributed by atoms with Crippen molar-refractivity contribution in [3.05, 3.63) is 68.7 Å². The molecule has 0 spiro atoms. The number of nitrogens with zero attached hydrogens (tertiary/aromatic N) is 1. The summed E-state index contributed by atoms with van der Waals surface area (Å²) in [5, 5.41) is 13.0. The molecular formula is C18H13ClN2O7. The molecule has 1 amide bonds. The van der Waals surface area contributed by atoms with Crippen molar-refractivity contribution in [2.75, 3.05) is 11.9 Å². The van der Waals surface area contributed by atoms with Gasteiger partial charge in [0.1, 0.15) is 6.10 Å². The normalized spacial score (nSPS) is 14.8. The molecule has 0 saturated carbocycles. The van der Waals surface area contributed by atoms with Crippen molar-refractivity contribution in [2.24, 2.45) is 0 Å². The van der Waals surface area contributed by atoms with E-state index in [0.29, 0.717) is 11.1 Å². The number of carbonyl (C=O) groups excluding carboxylic acids is 3. The van der Waals surface area contributed by atoms with E-state index in [9.17, 15) is 24.5 Å². The van der Waals surface area contributed by atoms with Gasteiger partial charge in [0, 0.05) is 17.7 Å². The van der Waals surface area contributed by atoms with Crippen molar-refractivity contribution >= 4 is 40.8 Å². The summed E-state index contributed by atoms with van der Waals surface area (Å²) in [4.78, 5) is 45.7. The molecule has 0 aliphatic carbocycles. The average Bonchev–Trinajstić information content (AvgIpc) is 2.97. The maximum Gasteiger partial charge on any atom is 0.339 e. The Morgan fingerprint density at radius 2 is 2.00 bits per heavy atom. The molecule has 1 atom stereocenters. The van der Waals surface area contributed by atoms with Crippen LogP contribution < -0.4 is 5.32 Å². The van der Waals surface area contributed by atoms with Crippen molar-refractivity contribution in [3.8, 4) is 0 Å². The molecule has 2 aromatic carbocycles. The number of hydrogen-bond acceptors (Lipinski definition) is 7. The smallest absolute Gasteiger partial charge is 0.339 e. The van der Waals surface area contributed by atoms with E-state index in [-0.39, 0.29) is 22.8 Å². The lowest BCUT2D eigenvalue weighted by Gasteiger charge is -2.11. The molecule has 1 aliphatic heterocycles. The fraction of sp³-hybridized carbons (Fsp3) is 0.167. The van der Waals surface area contributed by atoms with Crippen molar-refractivity contribution in [2.45, 2.75) is 12.5 Å². The van der Waals surface area contributed by atoms with Crippen molar-refractivity contribution in [1.82, 2.24) is 0 Å². The number of nitro groups is 1. The van der Waals surface area contributed by atoms with Crippen LogP contribution in [0.15, 0.2) is 42.5 Å². The first kappa shape index (κ1) is 19.3. The van der Waals surface area contributed by atoms with Crippen LogP contribution in [0.4, 0.5) is 11.4 Å². The standard InChI is InChI=1S/C18H13ClN2O7/c19-13-7-10(21(25)26)5-6-14(13)20-16(22)9-27-17(23)8-15-11-3-1-2-4-12(11)18(24)28-15/h1-7,15H,8-9H2,(H,20,22)/t15-/m0/s1. The topological polar surface area (TPSA) is 125 Å². The minimum atomic E-state index is -0.761. The highest BCUT2D eigenvalue weighted by Gasteiger charge is 2.32. The van der Waals surface area contributed by atoms with Crippen LogP contribution in [0.2, 0.25) is 5.02 Å². The minimum absolute atomic E-state index is 0.0247. The van der Waals surface area contributed by atoms with E-state index in [1.165, 1.54) is 12.1 Å². The highest BCUT2D eigenvalue weighted by molar-refractivity contribution is 6.34.